The van der Waals surface area contributed by atoms with Crippen LogP contribution in [0.2, 0.25) is 0 Å². The zero-order valence-electron chi connectivity index (χ0n) is 13.5. The third-order valence-electron chi connectivity index (χ3n) is 4.65. The van der Waals surface area contributed by atoms with Gasteiger partial charge in [-0.15, -0.1) is 10.2 Å². The van der Waals surface area contributed by atoms with Crippen LogP contribution in [-0.4, -0.2) is 24.4 Å². The minimum Gasteiger partial charge on any atom is -0.310 e. The zero-order valence-corrected chi connectivity index (χ0v) is 13.5. The van der Waals surface area contributed by atoms with Crippen LogP contribution in [0.4, 0.5) is 4.39 Å². The summed E-state index contributed by atoms with van der Waals surface area (Å²) in [5.41, 5.74) is 3.72. The van der Waals surface area contributed by atoms with Crippen molar-refractivity contribution in [1.82, 2.24) is 24.4 Å². The Hall–Kier alpha value is -3.09. The summed E-state index contributed by atoms with van der Waals surface area (Å²) in [6.45, 7) is 1.87. The summed E-state index contributed by atoms with van der Waals surface area (Å²) in [5.74, 6) is -0.296. The molecule has 0 unspecified atom stereocenters. The summed E-state index contributed by atoms with van der Waals surface area (Å²) in [5, 5.41) is 13.0. The van der Waals surface area contributed by atoms with Gasteiger partial charge in [0.15, 0.2) is 11.2 Å². The molecule has 0 N–H and O–H groups in total. The number of halogens is 1. The summed E-state index contributed by atoms with van der Waals surface area (Å²) >= 11 is 0. The first-order chi connectivity index (χ1) is 12.1. The van der Waals surface area contributed by atoms with Crippen LogP contribution in [0.5, 0.6) is 0 Å². The van der Waals surface area contributed by atoms with Crippen LogP contribution in [0.3, 0.4) is 0 Å². The van der Waals surface area contributed by atoms with Gasteiger partial charge in [0.05, 0.1) is 11.3 Å². The Morgan fingerprint density at radius 1 is 1.12 bits per heavy atom. The van der Waals surface area contributed by atoms with Gasteiger partial charge in [-0.2, -0.15) is 5.10 Å². The molecule has 1 aliphatic rings. The average molecular weight is 335 g/mol. The van der Waals surface area contributed by atoms with Gasteiger partial charge in [0.25, 0.3) is 5.56 Å². The van der Waals surface area contributed by atoms with Gasteiger partial charge in [0.2, 0.25) is 0 Å². The van der Waals surface area contributed by atoms with Crippen molar-refractivity contribution < 1.29 is 4.39 Å². The first kappa shape index (κ1) is 14.3. The largest absolute Gasteiger partial charge is 0.310 e. The molecule has 3 heterocycles. The van der Waals surface area contributed by atoms with Gasteiger partial charge in [-0.1, -0.05) is 12.1 Å². The molecule has 7 heteroatoms. The molecule has 1 fully saturated rings. The molecule has 0 atom stereocenters. The number of pyridine rings is 1. The van der Waals surface area contributed by atoms with Gasteiger partial charge in [0, 0.05) is 12.2 Å². The van der Waals surface area contributed by atoms with Crippen molar-refractivity contribution in [3.05, 3.63) is 58.4 Å². The van der Waals surface area contributed by atoms with Crippen LogP contribution in [0.1, 0.15) is 24.6 Å². The Kier molecular flexibility index (Phi) is 2.83. The van der Waals surface area contributed by atoms with Crippen molar-refractivity contribution in [3.63, 3.8) is 0 Å². The first-order valence-electron chi connectivity index (χ1n) is 8.16. The Labute approximate surface area is 141 Å². The lowest BCUT2D eigenvalue weighted by Gasteiger charge is -2.05. The molecule has 5 rings (SSSR count). The third kappa shape index (κ3) is 2.08. The Morgan fingerprint density at radius 2 is 1.88 bits per heavy atom. The quantitative estimate of drug-likeness (QED) is 0.565. The number of hydrogen-bond donors (Lipinski definition) is 0. The molecule has 3 aromatic heterocycles. The lowest BCUT2D eigenvalue weighted by atomic mass is 10.1. The molecule has 4 aromatic rings. The van der Waals surface area contributed by atoms with Crippen molar-refractivity contribution in [2.45, 2.75) is 25.8 Å². The second-order valence-corrected chi connectivity index (χ2v) is 6.40. The van der Waals surface area contributed by atoms with E-state index < -0.39 is 0 Å². The highest BCUT2D eigenvalue weighted by Crippen LogP contribution is 2.34. The van der Waals surface area contributed by atoms with Gasteiger partial charge < -0.3 is 4.57 Å². The molecule has 0 radical (unpaired) electrons. The van der Waals surface area contributed by atoms with Crippen LogP contribution in [0, 0.1) is 12.7 Å². The molecular formula is C18H14FN5O. The van der Waals surface area contributed by atoms with E-state index >= 15 is 0 Å². The van der Waals surface area contributed by atoms with E-state index in [4.69, 9.17) is 0 Å². The Bertz CT molecular complexity index is 1190. The molecule has 0 spiro atoms. The second kappa shape index (κ2) is 4.95. The minimum atomic E-state index is -0.296. The van der Waals surface area contributed by atoms with E-state index in [1.165, 1.54) is 12.1 Å². The van der Waals surface area contributed by atoms with E-state index in [9.17, 15) is 9.18 Å². The van der Waals surface area contributed by atoms with Gasteiger partial charge >= 0.3 is 0 Å². The average Bonchev–Trinajstić information content (AvgIpc) is 3.38. The lowest BCUT2D eigenvalue weighted by molar-refractivity contribution is 0.628. The monoisotopic (exact) mass is 335 g/mol. The number of hydrogen-bond acceptors (Lipinski definition) is 4. The Morgan fingerprint density at radius 3 is 2.60 bits per heavy atom. The van der Waals surface area contributed by atoms with E-state index in [0.29, 0.717) is 16.7 Å². The van der Waals surface area contributed by atoms with Crippen LogP contribution >= 0.6 is 0 Å². The predicted octanol–water partition coefficient (Wildman–Crippen LogP) is 2.89. The highest BCUT2D eigenvalue weighted by Gasteiger charge is 2.26. The number of benzene rings is 1. The maximum atomic E-state index is 13.2. The highest BCUT2D eigenvalue weighted by atomic mass is 19.1. The van der Waals surface area contributed by atoms with E-state index in [0.717, 1.165) is 29.7 Å². The maximum absolute atomic E-state index is 13.2. The van der Waals surface area contributed by atoms with Crippen LogP contribution in [-0.2, 0) is 0 Å². The molecule has 1 aromatic carbocycles. The zero-order chi connectivity index (χ0) is 17.1. The second-order valence-electron chi connectivity index (χ2n) is 6.40. The first-order valence-corrected chi connectivity index (χ1v) is 8.16. The predicted molar refractivity (Wildman–Crippen MR) is 91.0 cm³/mol. The van der Waals surface area contributed by atoms with Crippen molar-refractivity contribution >= 4 is 16.7 Å². The summed E-state index contributed by atoms with van der Waals surface area (Å²) in [7, 11) is 0. The van der Waals surface area contributed by atoms with Gasteiger partial charge in [0.1, 0.15) is 11.3 Å². The molecule has 0 bridgehead atoms. The molecule has 1 aliphatic carbocycles. The van der Waals surface area contributed by atoms with Gasteiger partial charge in [-0.25, -0.2) is 8.91 Å². The molecule has 1 saturated carbocycles. The number of nitrogens with zero attached hydrogens (tertiary/aromatic N) is 5. The Balaban J connectivity index is 1.80. The van der Waals surface area contributed by atoms with Crippen LogP contribution in [0.25, 0.3) is 27.8 Å². The van der Waals surface area contributed by atoms with Gasteiger partial charge in [-0.3, -0.25) is 4.79 Å². The third-order valence-corrected chi connectivity index (χ3v) is 4.65. The molecule has 6 nitrogen and oxygen atoms in total. The molecule has 0 aliphatic heterocycles. The van der Waals surface area contributed by atoms with E-state index in [-0.39, 0.29) is 17.4 Å². The number of rotatable bonds is 2. The summed E-state index contributed by atoms with van der Waals surface area (Å²) in [4.78, 5) is 12.6. The van der Waals surface area contributed by atoms with E-state index in [1.54, 1.807) is 27.4 Å². The molecule has 124 valence electrons. The number of aromatic nitrogens is 5. The smallest absolute Gasteiger partial charge is 0.280 e. The van der Waals surface area contributed by atoms with Crippen LogP contribution < -0.4 is 5.56 Å². The minimum absolute atomic E-state index is 0.133. The highest BCUT2D eigenvalue weighted by molar-refractivity contribution is 5.84. The van der Waals surface area contributed by atoms with Gasteiger partial charge in [-0.05, 0) is 43.5 Å². The normalized spacial score (nSPS) is 14.5. The topological polar surface area (TPSA) is 65.1 Å². The summed E-state index contributed by atoms with van der Waals surface area (Å²) in [6, 6.07) is 8.33. The van der Waals surface area contributed by atoms with Crippen molar-refractivity contribution in [2.24, 2.45) is 0 Å². The number of aryl methyl sites for hydroxylation is 1. The van der Waals surface area contributed by atoms with Crippen molar-refractivity contribution in [2.75, 3.05) is 0 Å². The maximum Gasteiger partial charge on any atom is 0.280 e. The van der Waals surface area contributed by atoms with E-state index in [1.807, 2.05) is 13.0 Å². The fourth-order valence-electron chi connectivity index (χ4n) is 3.26. The molecule has 25 heavy (non-hydrogen) atoms. The number of fused-ring (bicyclic) bond motifs is 3. The lowest BCUT2D eigenvalue weighted by Crippen LogP contribution is -2.20. The summed E-state index contributed by atoms with van der Waals surface area (Å²) < 4.78 is 16.6. The molecule has 0 amide bonds. The molecule has 0 saturated heterocycles. The van der Waals surface area contributed by atoms with E-state index in [2.05, 4.69) is 15.3 Å². The fourth-order valence-corrected chi connectivity index (χ4v) is 3.26. The summed E-state index contributed by atoms with van der Waals surface area (Å²) in [6.07, 6.45) is 3.85. The van der Waals surface area contributed by atoms with Crippen molar-refractivity contribution in [3.8, 4) is 11.1 Å². The fraction of sp³-hybridized carbons (Fsp3) is 0.222. The molecular weight excluding hydrogens is 321 g/mol. The van der Waals surface area contributed by atoms with Crippen molar-refractivity contribution in [1.29, 1.82) is 0 Å². The standard InChI is InChI=1S/C18H14FN5O/c1-10-15(11-2-4-12(19)5-3-11)17-21-20-16-14(24(17)22-10)8-9-23(18(16)25)13-6-7-13/h2-5,8-9,13H,6-7H2,1H3. The van der Waals surface area contributed by atoms with Crippen LogP contribution in [0.15, 0.2) is 41.3 Å². The SMILES string of the molecule is Cc1nn2c(nnc3c(=O)n(C4CC4)ccc32)c1-c1ccc(F)cc1.